The van der Waals surface area contributed by atoms with Crippen molar-refractivity contribution in [3.63, 3.8) is 0 Å². The molecular formula is C13H26N4O. The fraction of sp³-hybridized carbons (Fsp3) is 0.846. The van der Waals surface area contributed by atoms with Gasteiger partial charge in [0.1, 0.15) is 0 Å². The summed E-state index contributed by atoms with van der Waals surface area (Å²) in [5, 5.41) is 20.3. The van der Waals surface area contributed by atoms with E-state index in [0.29, 0.717) is 6.04 Å². The molecule has 1 aromatic rings. The fourth-order valence-electron chi connectivity index (χ4n) is 1.89. The average molecular weight is 254 g/mol. The molecule has 0 aliphatic heterocycles. The first-order chi connectivity index (χ1) is 8.65. The summed E-state index contributed by atoms with van der Waals surface area (Å²) in [5.41, 5.74) is 0.962. The molecule has 0 saturated carbocycles. The van der Waals surface area contributed by atoms with Crippen molar-refractivity contribution in [1.29, 1.82) is 0 Å². The molecule has 0 aromatic carbocycles. The Hall–Kier alpha value is -0.940. The van der Waals surface area contributed by atoms with Gasteiger partial charge in [-0.3, -0.25) is 4.68 Å². The zero-order valence-corrected chi connectivity index (χ0v) is 11.8. The van der Waals surface area contributed by atoms with E-state index >= 15 is 0 Å². The molecule has 0 bridgehead atoms. The lowest BCUT2D eigenvalue weighted by atomic mass is 10.0. The standard InChI is InChI=1S/C13H26N4O/c1-4-11(2)8-12(3)14-9-13-10-17(16-15-13)6-5-7-18/h10-12,14,18H,4-9H2,1-3H3. The first-order valence-electron chi connectivity index (χ1n) is 6.89. The maximum absolute atomic E-state index is 8.74. The monoisotopic (exact) mass is 254 g/mol. The first kappa shape index (κ1) is 15.1. The van der Waals surface area contributed by atoms with Crippen LogP contribution < -0.4 is 5.32 Å². The second-order valence-electron chi connectivity index (χ2n) is 5.08. The molecule has 0 radical (unpaired) electrons. The number of aromatic nitrogens is 3. The summed E-state index contributed by atoms with van der Waals surface area (Å²) < 4.78 is 1.78. The molecule has 0 amide bonds. The van der Waals surface area contributed by atoms with Crippen LogP contribution in [-0.4, -0.2) is 32.7 Å². The third-order valence-electron chi connectivity index (χ3n) is 3.22. The third kappa shape index (κ3) is 5.60. The number of hydrogen-bond acceptors (Lipinski definition) is 4. The molecule has 0 saturated heterocycles. The van der Waals surface area contributed by atoms with Crippen LogP contribution in [0.2, 0.25) is 0 Å². The van der Waals surface area contributed by atoms with Crippen molar-refractivity contribution in [2.24, 2.45) is 5.92 Å². The Labute approximate surface area is 110 Å². The summed E-state index contributed by atoms with van der Waals surface area (Å²) in [6, 6.07) is 0.502. The van der Waals surface area contributed by atoms with E-state index in [1.807, 2.05) is 6.20 Å². The highest BCUT2D eigenvalue weighted by Gasteiger charge is 2.07. The molecular weight excluding hydrogens is 228 g/mol. The van der Waals surface area contributed by atoms with Crippen molar-refractivity contribution < 1.29 is 5.11 Å². The summed E-state index contributed by atoms with van der Waals surface area (Å²) in [6.07, 6.45) is 5.08. The van der Waals surface area contributed by atoms with Crippen molar-refractivity contribution in [3.05, 3.63) is 11.9 Å². The maximum atomic E-state index is 8.74. The van der Waals surface area contributed by atoms with Crippen LogP contribution in [0.4, 0.5) is 0 Å². The largest absolute Gasteiger partial charge is 0.396 e. The van der Waals surface area contributed by atoms with Crippen molar-refractivity contribution >= 4 is 0 Å². The lowest BCUT2D eigenvalue weighted by molar-refractivity contribution is 0.276. The smallest absolute Gasteiger partial charge is 0.0964 e. The van der Waals surface area contributed by atoms with Gasteiger partial charge in [0.15, 0.2) is 0 Å². The Morgan fingerprint density at radius 1 is 1.44 bits per heavy atom. The van der Waals surface area contributed by atoms with Crippen molar-refractivity contribution in [3.8, 4) is 0 Å². The highest BCUT2D eigenvalue weighted by atomic mass is 16.3. The van der Waals surface area contributed by atoms with E-state index in [1.54, 1.807) is 4.68 Å². The van der Waals surface area contributed by atoms with Gasteiger partial charge in [-0.15, -0.1) is 5.10 Å². The summed E-state index contributed by atoms with van der Waals surface area (Å²) in [5.74, 6) is 0.757. The minimum atomic E-state index is 0.194. The number of nitrogens with one attached hydrogen (secondary N) is 1. The summed E-state index contributed by atoms with van der Waals surface area (Å²) in [4.78, 5) is 0. The maximum Gasteiger partial charge on any atom is 0.0964 e. The number of aryl methyl sites for hydroxylation is 1. The molecule has 0 aliphatic rings. The lowest BCUT2D eigenvalue weighted by Gasteiger charge is -2.16. The zero-order chi connectivity index (χ0) is 13.4. The Balaban J connectivity index is 2.27. The molecule has 2 atom stereocenters. The van der Waals surface area contributed by atoms with E-state index < -0.39 is 0 Å². The van der Waals surface area contributed by atoms with Crippen LogP contribution in [0.3, 0.4) is 0 Å². The van der Waals surface area contributed by atoms with Crippen molar-refractivity contribution in [2.75, 3.05) is 6.61 Å². The number of aliphatic hydroxyl groups excluding tert-OH is 1. The van der Waals surface area contributed by atoms with E-state index in [1.165, 1.54) is 12.8 Å². The van der Waals surface area contributed by atoms with Crippen LogP contribution in [0, 0.1) is 5.92 Å². The Morgan fingerprint density at radius 2 is 2.22 bits per heavy atom. The van der Waals surface area contributed by atoms with Crippen molar-refractivity contribution in [1.82, 2.24) is 20.3 Å². The van der Waals surface area contributed by atoms with Crippen molar-refractivity contribution in [2.45, 2.75) is 59.2 Å². The van der Waals surface area contributed by atoms with Crippen LogP contribution >= 0.6 is 0 Å². The molecule has 5 heteroatoms. The second-order valence-corrected chi connectivity index (χ2v) is 5.08. The predicted molar refractivity (Wildman–Crippen MR) is 72.1 cm³/mol. The molecule has 1 rings (SSSR count). The molecule has 0 spiro atoms. The second kappa shape index (κ2) is 8.21. The molecule has 1 heterocycles. The van der Waals surface area contributed by atoms with Gasteiger partial charge < -0.3 is 10.4 Å². The number of nitrogens with zero attached hydrogens (tertiary/aromatic N) is 3. The van der Waals surface area contributed by atoms with Gasteiger partial charge in [0, 0.05) is 31.9 Å². The van der Waals surface area contributed by atoms with Gasteiger partial charge in [-0.25, -0.2) is 0 Å². The van der Waals surface area contributed by atoms with Crippen LogP contribution in [-0.2, 0) is 13.1 Å². The molecule has 5 nitrogen and oxygen atoms in total. The average Bonchev–Trinajstić information content (AvgIpc) is 2.81. The van der Waals surface area contributed by atoms with Gasteiger partial charge in [0.25, 0.3) is 0 Å². The van der Waals surface area contributed by atoms with Crippen LogP contribution in [0.15, 0.2) is 6.20 Å². The van der Waals surface area contributed by atoms with Gasteiger partial charge >= 0.3 is 0 Å². The van der Waals surface area contributed by atoms with Crippen LogP contribution in [0.5, 0.6) is 0 Å². The zero-order valence-electron chi connectivity index (χ0n) is 11.8. The van der Waals surface area contributed by atoms with E-state index in [9.17, 15) is 0 Å². The molecule has 2 unspecified atom stereocenters. The van der Waals surface area contributed by atoms with Crippen LogP contribution in [0.25, 0.3) is 0 Å². The molecule has 2 N–H and O–H groups in total. The van der Waals surface area contributed by atoms with Gasteiger partial charge in [-0.05, 0) is 25.7 Å². The quantitative estimate of drug-likeness (QED) is 0.702. The minimum Gasteiger partial charge on any atom is -0.396 e. The number of hydrogen-bond donors (Lipinski definition) is 2. The highest BCUT2D eigenvalue weighted by molar-refractivity contribution is 4.92. The van der Waals surface area contributed by atoms with Gasteiger partial charge in [0.2, 0.25) is 0 Å². The van der Waals surface area contributed by atoms with E-state index in [0.717, 1.165) is 31.1 Å². The topological polar surface area (TPSA) is 63.0 Å². The van der Waals surface area contributed by atoms with Gasteiger partial charge in [0.05, 0.1) is 5.69 Å². The molecule has 0 aliphatic carbocycles. The Morgan fingerprint density at radius 3 is 2.89 bits per heavy atom. The normalized spacial score (nSPS) is 14.7. The first-order valence-corrected chi connectivity index (χ1v) is 6.89. The van der Waals surface area contributed by atoms with E-state index in [-0.39, 0.29) is 6.61 Å². The lowest BCUT2D eigenvalue weighted by Crippen LogP contribution is -2.27. The number of rotatable bonds is 9. The molecule has 1 aromatic heterocycles. The highest BCUT2D eigenvalue weighted by Crippen LogP contribution is 2.09. The summed E-state index contributed by atoms with van der Waals surface area (Å²) in [7, 11) is 0. The predicted octanol–water partition coefficient (Wildman–Crippen LogP) is 1.57. The third-order valence-corrected chi connectivity index (χ3v) is 3.22. The Bertz CT molecular complexity index is 327. The SMILES string of the molecule is CCC(C)CC(C)NCc1cn(CCCO)nn1. The minimum absolute atomic E-state index is 0.194. The molecule has 104 valence electrons. The number of aliphatic hydroxyl groups is 1. The molecule has 18 heavy (non-hydrogen) atoms. The van der Waals surface area contributed by atoms with E-state index in [2.05, 4.69) is 36.4 Å². The Kier molecular flexibility index (Phi) is 6.90. The van der Waals surface area contributed by atoms with Gasteiger partial charge in [-0.1, -0.05) is 25.5 Å². The summed E-state index contributed by atoms with van der Waals surface area (Å²) in [6.45, 7) is 8.40. The summed E-state index contributed by atoms with van der Waals surface area (Å²) >= 11 is 0. The van der Waals surface area contributed by atoms with Crippen LogP contribution in [0.1, 0.15) is 45.7 Å². The van der Waals surface area contributed by atoms with E-state index in [4.69, 9.17) is 5.11 Å². The van der Waals surface area contributed by atoms with Gasteiger partial charge in [-0.2, -0.15) is 0 Å². The fourth-order valence-corrected chi connectivity index (χ4v) is 1.89. The molecule has 0 fully saturated rings.